The zero-order valence-corrected chi connectivity index (χ0v) is 9.50. The Morgan fingerprint density at radius 2 is 2.00 bits per heavy atom. The molecule has 1 fully saturated rings. The lowest BCUT2D eigenvalue weighted by molar-refractivity contribution is 0.0955. The van der Waals surface area contributed by atoms with Gasteiger partial charge in [-0.05, 0) is 25.8 Å². The molecule has 0 aromatic rings. The Morgan fingerprint density at radius 3 is 2.43 bits per heavy atom. The Bertz CT molecular complexity index is 167. The first-order valence-electron chi connectivity index (χ1n) is 5.67. The highest BCUT2D eigenvalue weighted by molar-refractivity contribution is 4.94. The lowest BCUT2D eigenvalue weighted by atomic mass is 9.94. The molecule has 1 atom stereocenters. The number of hydrogen-bond donors (Lipinski definition) is 2. The summed E-state index contributed by atoms with van der Waals surface area (Å²) >= 11 is 0. The van der Waals surface area contributed by atoms with Crippen LogP contribution in [-0.2, 0) is 0 Å². The van der Waals surface area contributed by atoms with Crippen LogP contribution in [0.25, 0.3) is 0 Å². The molecule has 3 N–H and O–H groups in total. The molecule has 1 aliphatic carbocycles. The average molecular weight is 200 g/mol. The van der Waals surface area contributed by atoms with Gasteiger partial charge in [-0.2, -0.15) is 0 Å². The van der Waals surface area contributed by atoms with Crippen molar-refractivity contribution < 1.29 is 5.11 Å². The molecule has 3 heteroatoms. The second-order valence-electron chi connectivity index (χ2n) is 4.80. The molecule has 0 bridgehead atoms. The van der Waals surface area contributed by atoms with Crippen LogP contribution in [-0.4, -0.2) is 42.3 Å². The third kappa shape index (κ3) is 2.47. The first-order chi connectivity index (χ1) is 6.64. The first-order valence-corrected chi connectivity index (χ1v) is 5.67. The fourth-order valence-corrected chi connectivity index (χ4v) is 2.49. The minimum atomic E-state index is 0.226. The lowest BCUT2D eigenvalue weighted by Crippen LogP contribution is -2.51. The van der Waals surface area contributed by atoms with Crippen LogP contribution in [0.2, 0.25) is 0 Å². The maximum absolute atomic E-state index is 9.03. The van der Waals surface area contributed by atoms with E-state index in [0.717, 1.165) is 13.1 Å². The van der Waals surface area contributed by atoms with Gasteiger partial charge in [0.15, 0.2) is 0 Å². The van der Waals surface area contributed by atoms with Gasteiger partial charge in [-0.15, -0.1) is 0 Å². The SMILES string of the molecule is CC(CO)CN(C)C1(CN)CCCC1. The minimum absolute atomic E-state index is 0.226. The summed E-state index contributed by atoms with van der Waals surface area (Å²) in [5.41, 5.74) is 6.11. The van der Waals surface area contributed by atoms with Gasteiger partial charge in [0.1, 0.15) is 0 Å². The van der Waals surface area contributed by atoms with Crippen LogP contribution in [0.1, 0.15) is 32.6 Å². The summed E-state index contributed by atoms with van der Waals surface area (Å²) in [6.45, 7) is 4.05. The van der Waals surface area contributed by atoms with Crippen molar-refractivity contribution in [2.45, 2.75) is 38.1 Å². The van der Waals surface area contributed by atoms with E-state index in [4.69, 9.17) is 10.8 Å². The van der Waals surface area contributed by atoms with Crippen molar-refractivity contribution in [3.8, 4) is 0 Å². The largest absolute Gasteiger partial charge is 0.396 e. The maximum atomic E-state index is 9.03. The second-order valence-corrected chi connectivity index (χ2v) is 4.80. The molecular weight excluding hydrogens is 176 g/mol. The molecule has 1 aliphatic rings. The van der Waals surface area contributed by atoms with E-state index >= 15 is 0 Å². The zero-order valence-electron chi connectivity index (χ0n) is 9.50. The molecule has 84 valence electrons. The van der Waals surface area contributed by atoms with Gasteiger partial charge >= 0.3 is 0 Å². The molecule has 1 saturated carbocycles. The third-order valence-corrected chi connectivity index (χ3v) is 3.62. The fourth-order valence-electron chi connectivity index (χ4n) is 2.49. The van der Waals surface area contributed by atoms with Gasteiger partial charge < -0.3 is 10.8 Å². The summed E-state index contributed by atoms with van der Waals surface area (Å²) in [6.07, 6.45) is 5.04. The standard InChI is InChI=1S/C11H24N2O/c1-10(8-14)7-13(2)11(9-12)5-3-4-6-11/h10,14H,3-9,12H2,1-2H3. The summed E-state index contributed by atoms with van der Waals surface area (Å²) < 4.78 is 0. The molecule has 14 heavy (non-hydrogen) atoms. The molecule has 0 spiro atoms. The minimum Gasteiger partial charge on any atom is -0.396 e. The molecule has 1 rings (SSSR count). The summed E-state index contributed by atoms with van der Waals surface area (Å²) in [4.78, 5) is 2.36. The quantitative estimate of drug-likeness (QED) is 0.691. The molecule has 0 aliphatic heterocycles. The number of hydrogen-bond acceptors (Lipinski definition) is 3. The molecule has 1 unspecified atom stereocenters. The number of rotatable bonds is 5. The van der Waals surface area contributed by atoms with Crippen LogP contribution in [0.4, 0.5) is 0 Å². The van der Waals surface area contributed by atoms with E-state index in [9.17, 15) is 0 Å². The molecule has 0 saturated heterocycles. The Hall–Kier alpha value is -0.120. The van der Waals surface area contributed by atoms with E-state index in [1.54, 1.807) is 0 Å². The highest BCUT2D eigenvalue weighted by atomic mass is 16.3. The van der Waals surface area contributed by atoms with E-state index in [0.29, 0.717) is 5.92 Å². The Balaban J connectivity index is 2.51. The van der Waals surface area contributed by atoms with Gasteiger partial charge in [0.25, 0.3) is 0 Å². The number of aliphatic hydroxyl groups is 1. The van der Waals surface area contributed by atoms with Gasteiger partial charge in [0, 0.05) is 25.2 Å². The van der Waals surface area contributed by atoms with Crippen molar-refractivity contribution in [2.24, 2.45) is 11.7 Å². The Morgan fingerprint density at radius 1 is 1.43 bits per heavy atom. The van der Waals surface area contributed by atoms with Crippen molar-refractivity contribution in [3.63, 3.8) is 0 Å². The number of nitrogens with two attached hydrogens (primary N) is 1. The molecule has 0 aromatic carbocycles. The predicted octanol–water partition coefficient (Wildman–Crippen LogP) is 0.818. The molecule has 0 amide bonds. The first kappa shape index (κ1) is 12.0. The highest BCUT2D eigenvalue weighted by Gasteiger charge is 2.36. The van der Waals surface area contributed by atoms with E-state index < -0.39 is 0 Å². The van der Waals surface area contributed by atoms with E-state index in [1.807, 2.05) is 0 Å². The van der Waals surface area contributed by atoms with Gasteiger partial charge in [0.05, 0.1) is 0 Å². The van der Waals surface area contributed by atoms with Crippen molar-refractivity contribution >= 4 is 0 Å². The molecule has 3 nitrogen and oxygen atoms in total. The van der Waals surface area contributed by atoms with E-state index in [2.05, 4.69) is 18.9 Å². The number of aliphatic hydroxyl groups excluding tert-OH is 1. The number of likely N-dealkylation sites (N-methyl/N-ethyl adjacent to an activating group) is 1. The normalized spacial score (nSPS) is 22.9. The Kier molecular flexibility index (Phi) is 4.35. The monoisotopic (exact) mass is 200 g/mol. The molecule has 0 radical (unpaired) electrons. The summed E-state index contributed by atoms with van der Waals surface area (Å²) in [5.74, 6) is 0.351. The van der Waals surface area contributed by atoms with Crippen LogP contribution >= 0.6 is 0 Å². The van der Waals surface area contributed by atoms with Crippen molar-refractivity contribution in [3.05, 3.63) is 0 Å². The van der Waals surface area contributed by atoms with Gasteiger partial charge in [0.2, 0.25) is 0 Å². The summed E-state index contributed by atoms with van der Waals surface area (Å²) in [6, 6.07) is 0. The lowest BCUT2D eigenvalue weighted by Gasteiger charge is -2.39. The summed E-state index contributed by atoms with van der Waals surface area (Å²) in [7, 11) is 2.14. The van der Waals surface area contributed by atoms with E-state index in [-0.39, 0.29) is 12.1 Å². The highest BCUT2D eigenvalue weighted by Crippen LogP contribution is 2.33. The van der Waals surface area contributed by atoms with Crippen molar-refractivity contribution in [1.82, 2.24) is 4.90 Å². The van der Waals surface area contributed by atoms with Crippen LogP contribution in [0, 0.1) is 5.92 Å². The number of nitrogens with zero attached hydrogens (tertiary/aromatic N) is 1. The average Bonchev–Trinajstić information content (AvgIpc) is 2.67. The van der Waals surface area contributed by atoms with Gasteiger partial charge in [-0.1, -0.05) is 19.8 Å². The van der Waals surface area contributed by atoms with Crippen LogP contribution in [0.5, 0.6) is 0 Å². The Labute approximate surface area is 87.3 Å². The fraction of sp³-hybridized carbons (Fsp3) is 1.00. The molecule has 0 heterocycles. The van der Waals surface area contributed by atoms with Gasteiger partial charge in [-0.25, -0.2) is 0 Å². The summed E-state index contributed by atoms with van der Waals surface area (Å²) in [5, 5.41) is 9.03. The molecule has 0 aromatic heterocycles. The smallest absolute Gasteiger partial charge is 0.0468 e. The van der Waals surface area contributed by atoms with E-state index in [1.165, 1.54) is 25.7 Å². The van der Waals surface area contributed by atoms with Crippen LogP contribution in [0.3, 0.4) is 0 Å². The third-order valence-electron chi connectivity index (χ3n) is 3.62. The topological polar surface area (TPSA) is 49.5 Å². The maximum Gasteiger partial charge on any atom is 0.0468 e. The van der Waals surface area contributed by atoms with Crippen LogP contribution in [0.15, 0.2) is 0 Å². The van der Waals surface area contributed by atoms with Crippen molar-refractivity contribution in [1.29, 1.82) is 0 Å². The molecular formula is C11H24N2O. The van der Waals surface area contributed by atoms with Crippen molar-refractivity contribution in [2.75, 3.05) is 26.7 Å². The van der Waals surface area contributed by atoms with Crippen LogP contribution < -0.4 is 5.73 Å². The van der Waals surface area contributed by atoms with Gasteiger partial charge in [-0.3, -0.25) is 4.90 Å². The predicted molar refractivity (Wildman–Crippen MR) is 59.1 cm³/mol. The second kappa shape index (κ2) is 5.10. The zero-order chi connectivity index (χ0) is 10.6.